The number of benzene rings is 2. The van der Waals surface area contributed by atoms with Gasteiger partial charge in [0.05, 0.1) is 13.0 Å². The number of hydrogen-bond donors (Lipinski definition) is 4. The minimum Gasteiger partial charge on any atom is -0.493 e. The number of alkyl halides is 3. The number of pyridine rings is 1. The Labute approximate surface area is 236 Å². The lowest BCUT2D eigenvalue weighted by molar-refractivity contribution is -0.192. The van der Waals surface area contributed by atoms with Crippen LogP contribution in [0.4, 0.5) is 19.0 Å². The SMILES string of the molecule is O=C(O)C(F)(F)F.O=C(O)CC(c1ccc(Cl)cc1Cl)c1c[nH]c2cc(OCCCNc3ccccn3)ccc12. The molecule has 0 amide bonds. The lowest BCUT2D eigenvalue weighted by Gasteiger charge is -2.17. The number of ether oxygens (including phenoxy) is 1. The largest absolute Gasteiger partial charge is 0.493 e. The molecule has 0 spiro atoms. The van der Waals surface area contributed by atoms with E-state index in [0.717, 1.165) is 46.6 Å². The highest BCUT2D eigenvalue weighted by Crippen LogP contribution is 2.38. The molecule has 0 aliphatic rings. The van der Waals surface area contributed by atoms with Crippen molar-refractivity contribution in [1.29, 1.82) is 0 Å². The maximum absolute atomic E-state index is 11.6. The van der Waals surface area contributed by atoms with Gasteiger partial charge in [0.15, 0.2) is 0 Å². The van der Waals surface area contributed by atoms with E-state index in [-0.39, 0.29) is 6.42 Å². The van der Waals surface area contributed by atoms with E-state index in [1.807, 2.05) is 42.6 Å². The molecule has 13 heteroatoms. The first-order valence-corrected chi connectivity index (χ1v) is 12.6. The van der Waals surface area contributed by atoms with Crippen molar-refractivity contribution in [3.8, 4) is 5.75 Å². The Morgan fingerprint density at radius 2 is 1.80 bits per heavy atom. The minimum atomic E-state index is -5.08. The summed E-state index contributed by atoms with van der Waals surface area (Å²) in [5.41, 5.74) is 2.46. The summed E-state index contributed by atoms with van der Waals surface area (Å²) in [6.07, 6.45) is -0.763. The van der Waals surface area contributed by atoms with E-state index in [9.17, 15) is 23.1 Å². The Kier molecular flexibility index (Phi) is 10.6. The van der Waals surface area contributed by atoms with Gasteiger partial charge in [-0.15, -0.1) is 0 Å². The molecule has 0 bridgehead atoms. The smallest absolute Gasteiger partial charge is 0.490 e. The third kappa shape index (κ3) is 8.78. The van der Waals surface area contributed by atoms with Crippen LogP contribution in [0.5, 0.6) is 5.75 Å². The van der Waals surface area contributed by atoms with Crippen LogP contribution in [-0.2, 0) is 9.59 Å². The molecule has 2 heterocycles. The van der Waals surface area contributed by atoms with E-state index in [4.69, 9.17) is 37.8 Å². The lowest BCUT2D eigenvalue weighted by atomic mass is 9.88. The Morgan fingerprint density at radius 3 is 2.42 bits per heavy atom. The number of H-pyrrole nitrogens is 1. The molecule has 40 heavy (non-hydrogen) atoms. The second-order valence-electron chi connectivity index (χ2n) is 8.41. The predicted molar refractivity (Wildman–Crippen MR) is 145 cm³/mol. The Bertz CT molecular complexity index is 1450. The van der Waals surface area contributed by atoms with Crippen molar-refractivity contribution >= 4 is 51.9 Å². The first-order valence-electron chi connectivity index (χ1n) is 11.8. The summed E-state index contributed by atoms with van der Waals surface area (Å²) in [6.45, 7) is 1.31. The van der Waals surface area contributed by atoms with Crippen LogP contribution in [0.2, 0.25) is 10.0 Å². The standard InChI is InChI=1S/C25H23Cl2N3O3.C2HF3O2/c26-16-5-7-18(22(27)12-16)20(14-25(31)32)21-15-30-23-13-17(6-8-19(21)23)33-11-3-10-29-24-4-1-2-9-28-24;3-2(4,5)1(6)7/h1-2,4-9,12-13,15,20,30H,3,10-11,14H2,(H,28,29)(H,31,32);(H,6,7). The summed E-state index contributed by atoms with van der Waals surface area (Å²) in [5.74, 6) is -2.49. The molecule has 4 aromatic rings. The third-order valence-corrected chi connectivity index (χ3v) is 6.14. The van der Waals surface area contributed by atoms with Gasteiger partial charge < -0.3 is 25.3 Å². The van der Waals surface area contributed by atoms with Crippen LogP contribution < -0.4 is 10.1 Å². The zero-order chi connectivity index (χ0) is 29.3. The highest BCUT2D eigenvalue weighted by Gasteiger charge is 2.38. The summed E-state index contributed by atoms with van der Waals surface area (Å²) in [7, 11) is 0. The Hall–Kier alpha value is -3.96. The van der Waals surface area contributed by atoms with Crippen LogP contribution in [0.15, 0.2) is 67.0 Å². The number of rotatable bonds is 10. The molecule has 8 nitrogen and oxygen atoms in total. The number of carboxylic acid groups (broad SMARTS) is 2. The highest BCUT2D eigenvalue weighted by atomic mass is 35.5. The van der Waals surface area contributed by atoms with Crippen LogP contribution in [0, 0.1) is 0 Å². The van der Waals surface area contributed by atoms with Gasteiger partial charge in [0.1, 0.15) is 11.6 Å². The topological polar surface area (TPSA) is 125 Å². The van der Waals surface area contributed by atoms with E-state index in [1.165, 1.54) is 0 Å². The van der Waals surface area contributed by atoms with Gasteiger partial charge in [-0.3, -0.25) is 4.79 Å². The maximum atomic E-state index is 11.6. The van der Waals surface area contributed by atoms with Crippen molar-refractivity contribution in [2.75, 3.05) is 18.5 Å². The Balaban J connectivity index is 0.000000559. The van der Waals surface area contributed by atoms with E-state index < -0.39 is 24.0 Å². The van der Waals surface area contributed by atoms with Crippen LogP contribution >= 0.6 is 23.2 Å². The van der Waals surface area contributed by atoms with E-state index in [1.54, 1.807) is 24.4 Å². The van der Waals surface area contributed by atoms with Crippen molar-refractivity contribution in [3.63, 3.8) is 0 Å². The van der Waals surface area contributed by atoms with E-state index >= 15 is 0 Å². The molecule has 4 rings (SSSR count). The molecule has 1 atom stereocenters. The fourth-order valence-electron chi connectivity index (χ4n) is 3.80. The van der Waals surface area contributed by atoms with Crippen LogP contribution in [0.25, 0.3) is 10.9 Å². The molecular weight excluding hydrogens is 574 g/mol. The normalized spacial score (nSPS) is 11.8. The average Bonchev–Trinajstić information content (AvgIpc) is 3.31. The third-order valence-electron chi connectivity index (χ3n) is 5.58. The lowest BCUT2D eigenvalue weighted by Crippen LogP contribution is -2.21. The van der Waals surface area contributed by atoms with Crippen molar-refractivity contribution in [2.24, 2.45) is 0 Å². The number of fused-ring (bicyclic) bond motifs is 1. The number of carboxylic acids is 2. The molecule has 212 valence electrons. The number of halogens is 5. The number of hydrogen-bond acceptors (Lipinski definition) is 5. The van der Waals surface area contributed by atoms with Crippen molar-refractivity contribution in [2.45, 2.75) is 24.9 Å². The van der Waals surface area contributed by atoms with Crippen LogP contribution in [-0.4, -0.2) is 51.4 Å². The first-order chi connectivity index (χ1) is 19.0. The fraction of sp³-hybridized carbons (Fsp3) is 0.222. The van der Waals surface area contributed by atoms with Crippen LogP contribution in [0.3, 0.4) is 0 Å². The second-order valence-corrected chi connectivity index (χ2v) is 9.26. The summed E-state index contributed by atoms with van der Waals surface area (Å²) in [4.78, 5) is 28.0. The van der Waals surface area contributed by atoms with Crippen molar-refractivity contribution in [1.82, 2.24) is 9.97 Å². The fourth-order valence-corrected chi connectivity index (χ4v) is 4.34. The summed E-state index contributed by atoms with van der Waals surface area (Å²) in [5, 5.41) is 21.8. The minimum absolute atomic E-state index is 0.0875. The number of carbonyl (C=O) groups is 2. The molecule has 0 aliphatic carbocycles. The molecule has 0 radical (unpaired) electrons. The number of nitrogens with one attached hydrogen (secondary N) is 2. The number of aromatic amines is 1. The quantitative estimate of drug-likeness (QED) is 0.145. The molecule has 2 aromatic heterocycles. The zero-order valence-electron chi connectivity index (χ0n) is 20.7. The van der Waals surface area contributed by atoms with Gasteiger partial charge in [-0.25, -0.2) is 9.78 Å². The number of anilines is 1. The first kappa shape index (κ1) is 30.6. The molecule has 2 aromatic carbocycles. The average molecular weight is 598 g/mol. The molecule has 1 unspecified atom stereocenters. The summed E-state index contributed by atoms with van der Waals surface area (Å²) < 4.78 is 37.6. The number of aromatic nitrogens is 2. The molecule has 0 aliphatic heterocycles. The monoisotopic (exact) mass is 597 g/mol. The molecule has 0 saturated carbocycles. The van der Waals surface area contributed by atoms with E-state index in [2.05, 4.69) is 15.3 Å². The maximum Gasteiger partial charge on any atom is 0.490 e. The molecule has 0 saturated heterocycles. The van der Waals surface area contributed by atoms with Crippen molar-refractivity contribution < 1.29 is 37.7 Å². The highest BCUT2D eigenvalue weighted by molar-refractivity contribution is 6.35. The van der Waals surface area contributed by atoms with Crippen LogP contribution in [0.1, 0.15) is 29.9 Å². The summed E-state index contributed by atoms with van der Waals surface area (Å²) in [6, 6.07) is 16.6. The Morgan fingerprint density at radius 1 is 1.05 bits per heavy atom. The van der Waals surface area contributed by atoms with Gasteiger partial charge in [0, 0.05) is 51.9 Å². The van der Waals surface area contributed by atoms with Gasteiger partial charge in [-0.2, -0.15) is 13.2 Å². The van der Waals surface area contributed by atoms with Crippen molar-refractivity contribution in [3.05, 3.63) is 88.2 Å². The van der Waals surface area contributed by atoms with Gasteiger partial charge in [-0.1, -0.05) is 35.3 Å². The van der Waals surface area contributed by atoms with Gasteiger partial charge >= 0.3 is 18.1 Å². The van der Waals surface area contributed by atoms with E-state index in [0.29, 0.717) is 16.7 Å². The predicted octanol–water partition coefficient (Wildman–Crippen LogP) is 6.99. The number of nitrogens with zero attached hydrogens (tertiary/aromatic N) is 1. The molecule has 0 fully saturated rings. The molecule has 4 N–H and O–H groups in total. The molecular formula is C27H24Cl2F3N3O5. The summed E-state index contributed by atoms with van der Waals surface area (Å²) >= 11 is 12.4. The second kappa shape index (κ2) is 13.9. The van der Waals surface area contributed by atoms with Gasteiger partial charge in [-0.05, 0) is 53.9 Å². The van der Waals surface area contributed by atoms with Gasteiger partial charge in [0.25, 0.3) is 0 Å². The van der Waals surface area contributed by atoms with Gasteiger partial charge in [0.2, 0.25) is 0 Å². The number of aliphatic carboxylic acids is 2. The zero-order valence-corrected chi connectivity index (χ0v) is 22.2.